The summed E-state index contributed by atoms with van der Waals surface area (Å²) in [6, 6.07) is 17.1. The predicted molar refractivity (Wildman–Crippen MR) is 157 cm³/mol. The average Bonchev–Trinajstić information content (AvgIpc) is 3.52. The van der Waals surface area contributed by atoms with Crippen LogP contribution in [-0.2, 0) is 26.2 Å². The summed E-state index contributed by atoms with van der Waals surface area (Å²) in [4.78, 5) is 28.7. The molecule has 42 heavy (non-hydrogen) atoms. The van der Waals surface area contributed by atoms with Crippen LogP contribution in [0.15, 0.2) is 77.7 Å². The molecule has 1 N–H and O–H groups in total. The van der Waals surface area contributed by atoms with Gasteiger partial charge in [-0.3, -0.25) is 13.9 Å². The van der Waals surface area contributed by atoms with Gasteiger partial charge in [0.2, 0.25) is 11.8 Å². The molecule has 224 valence electrons. The van der Waals surface area contributed by atoms with Gasteiger partial charge in [0.15, 0.2) is 0 Å². The van der Waals surface area contributed by atoms with Crippen molar-refractivity contribution in [1.29, 1.82) is 0 Å². The third kappa shape index (κ3) is 7.20. The van der Waals surface area contributed by atoms with Crippen molar-refractivity contribution >= 4 is 27.5 Å². The van der Waals surface area contributed by atoms with Crippen molar-refractivity contribution in [3.8, 4) is 11.5 Å². The van der Waals surface area contributed by atoms with Crippen molar-refractivity contribution < 1.29 is 31.9 Å². The molecule has 1 unspecified atom stereocenters. The van der Waals surface area contributed by atoms with E-state index in [9.17, 15) is 22.4 Å². The van der Waals surface area contributed by atoms with Crippen molar-refractivity contribution in [3.05, 3.63) is 84.2 Å². The van der Waals surface area contributed by atoms with Crippen LogP contribution in [0.4, 0.5) is 10.1 Å². The highest BCUT2D eigenvalue weighted by molar-refractivity contribution is 7.92. The number of hydrogen-bond acceptors (Lipinski definition) is 6. The highest BCUT2D eigenvalue weighted by atomic mass is 32.2. The van der Waals surface area contributed by atoms with Gasteiger partial charge in [0.05, 0.1) is 24.8 Å². The number of ether oxygens (including phenoxy) is 2. The Morgan fingerprint density at radius 1 is 0.976 bits per heavy atom. The molecule has 0 spiro atoms. The maximum absolute atomic E-state index is 14.1. The molecule has 1 fully saturated rings. The van der Waals surface area contributed by atoms with E-state index in [1.165, 1.54) is 61.6 Å². The van der Waals surface area contributed by atoms with Crippen LogP contribution in [0, 0.1) is 5.82 Å². The van der Waals surface area contributed by atoms with E-state index >= 15 is 0 Å². The molecule has 11 heteroatoms. The number of rotatable bonds is 12. The molecule has 0 aliphatic heterocycles. The smallest absolute Gasteiger partial charge is 0.264 e. The second-order valence-corrected chi connectivity index (χ2v) is 12.0. The number of anilines is 1. The minimum Gasteiger partial charge on any atom is -0.497 e. The summed E-state index contributed by atoms with van der Waals surface area (Å²) in [6.07, 6.45) is 3.77. The minimum atomic E-state index is -4.28. The van der Waals surface area contributed by atoms with E-state index in [2.05, 4.69) is 5.32 Å². The first-order chi connectivity index (χ1) is 20.1. The molecule has 2 amide bonds. The van der Waals surface area contributed by atoms with Gasteiger partial charge < -0.3 is 19.7 Å². The summed E-state index contributed by atoms with van der Waals surface area (Å²) in [5.74, 6) is -0.834. The van der Waals surface area contributed by atoms with Gasteiger partial charge in [0, 0.05) is 18.7 Å². The number of carbonyl (C=O) groups is 2. The van der Waals surface area contributed by atoms with Crippen molar-refractivity contribution in [2.75, 3.05) is 25.1 Å². The summed E-state index contributed by atoms with van der Waals surface area (Å²) >= 11 is 0. The first-order valence-electron chi connectivity index (χ1n) is 13.8. The van der Waals surface area contributed by atoms with E-state index in [-0.39, 0.29) is 34.8 Å². The molecular weight excluding hydrogens is 561 g/mol. The normalized spacial score (nSPS) is 14.2. The number of amides is 2. The SMILES string of the molecule is COc1ccc(OC)c(N(CC(=O)N(Cc2ccc(F)cc2)C(C)C(=O)NC2CCCC2)S(=O)(=O)c2ccccc2)c1. The van der Waals surface area contributed by atoms with E-state index < -0.39 is 34.3 Å². The van der Waals surface area contributed by atoms with E-state index in [0.29, 0.717) is 11.3 Å². The Morgan fingerprint density at radius 3 is 2.26 bits per heavy atom. The number of hydrogen-bond donors (Lipinski definition) is 1. The minimum absolute atomic E-state index is 0.0266. The number of benzene rings is 3. The molecule has 1 atom stereocenters. The Morgan fingerprint density at radius 2 is 1.64 bits per heavy atom. The van der Waals surface area contributed by atoms with Gasteiger partial charge in [0.25, 0.3) is 10.0 Å². The van der Waals surface area contributed by atoms with Gasteiger partial charge in [-0.15, -0.1) is 0 Å². The van der Waals surface area contributed by atoms with E-state index in [0.717, 1.165) is 30.0 Å². The van der Waals surface area contributed by atoms with Crippen molar-refractivity contribution in [2.24, 2.45) is 0 Å². The largest absolute Gasteiger partial charge is 0.497 e. The summed E-state index contributed by atoms with van der Waals surface area (Å²) in [6.45, 7) is 0.934. The number of halogens is 1. The van der Waals surface area contributed by atoms with E-state index in [1.807, 2.05) is 0 Å². The van der Waals surface area contributed by atoms with E-state index in [1.54, 1.807) is 37.3 Å². The lowest BCUT2D eigenvalue weighted by Crippen LogP contribution is -2.52. The van der Waals surface area contributed by atoms with Gasteiger partial charge in [-0.05, 0) is 61.7 Å². The van der Waals surface area contributed by atoms with Gasteiger partial charge >= 0.3 is 0 Å². The molecule has 1 aliphatic rings. The molecule has 9 nitrogen and oxygen atoms in total. The lowest BCUT2D eigenvalue weighted by Gasteiger charge is -2.33. The number of nitrogens with zero attached hydrogens (tertiary/aromatic N) is 2. The average molecular weight is 598 g/mol. The number of carbonyl (C=O) groups excluding carboxylic acids is 2. The molecule has 1 aliphatic carbocycles. The molecule has 3 aromatic rings. The molecule has 1 saturated carbocycles. The second-order valence-electron chi connectivity index (χ2n) is 10.2. The van der Waals surface area contributed by atoms with E-state index in [4.69, 9.17) is 9.47 Å². The zero-order chi connectivity index (χ0) is 30.3. The van der Waals surface area contributed by atoms with Gasteiger partial charge in [-0.25, -0.2) is 12.8 Å². The molecule has 3 aromatic carbocycles. The van der Waals surface area contributed by atoms with Crippen LogP contribution in [-0.4, -0.2) is 58.0 Å². The van der Waals surface area contributed by atoms with Crippen LogP contribution < -0.4 is 19.1 Å². The fourth-order valence-corrected chi connectivity index (χ4v) is 6.42. The van der Waals surface area contributed by atoms with Gasteiger partial charge in [-0.2, -0.15) is 0 Å². The molecular formula is C31H36FN3O6S. The van der Waals surface area contributed by atoms with Gasteiger partial charge in [0.1, 0.15) is 29.9 Å². The van der Waals surface area contributed by atoms with Crippen LogP contribution >= 0.6 is 0 Å². The van der Waals surface area contributed by atoms with Crippen LogP contribution in [0.5, 0.6) is 11.5 Å². The molecule has 0 radical (unpaired) electrons. The highest BCUT2D eigenvalue weighted by Crippen LogP contribution is 2.36. The summed E-state index contributed by atoms with van der Waals surface area (Å²) in [7, 11) is -1.44. The molecule has 0 saturated heterocycles. The molecule has 0 aromatic heterocycles. The zero-order valence-corrected chi connectivity index (χ0v) is 24.8. The maximum Gasteiger partial charge on any atom is 0.264 e. The monoisotopic (exact) mass is 597 g/mol. The van der Waals surface area contributed by atoms with Crippen molar-refractivity contribution in [2.45, 2.75) is 56.1 Å². The first-order valence-corrected chi connectivity index (χ1v) is 15.2. The van der Waals surface area contributed by atoms with Crippen LogP contribution in [0.25, 0.3) is 0 Å². The summed E-state index contributed by atoms with van der Waals surface area (Å²) < 4.78 is 53.5. The number of methoxy groups -OCH3 is 2. The lowest BCUT2D eigenvalue weighted by molar-refractivity contribution is -0.139. The number of nitrogens with one attached hydrogen (secondary N) is 1. The van der Waals surface area contributed by atoms with Crippen molar-refractivity contribution in [3.63, 3.8) is 0 Å². The quantitative estimate of drug-likeness (QED) is 0.329. The first kappa shape index (κ1) is 30.8. The predicted octanol–water partition coefficient (Wildman–Crippen LogP) is 4.51. The standard InChI is InChI=1S/C31H36FN3O6S/c1-22(31(37)33-25-9-7-8-10-25)34(20-23-13-15-24(32)16-14-23)30(36)21-35(42(38,39)27-11-5-4-6-12-27)28-19-26(40-2)17-18-29(28)41-3/h4-6,11-19,22,25H,7-10,20-21H2,1-3H3,(H,33,37). The molecule has 0 bridgehead atoms. The Balaban J connectivity index is 1.74. The third-order valence-electron chi connectivity index (χ3n) is 7.40. The Hall–Kier alpha value is -4.12. The highest BCUT2D eigenvalue weighted by Gasteiger charge is 2.34. The second kappa shape index (κ2) is 13.7. The molecule has 0 heterocycles. The van der Waals surface area contributed by atoms with Crippen molar-refractivity contribution in [1.82, 2.24) is 10.2 Å². The Labute approximate surface area is 246 Å². The van der Waals surface area contributed by atoms with Gasteiger partial charge in [-0.1, -0.05) is 43.2 Å². The van der Waals surface area contributed by atoms with Crippen LogP contribution in [0.1, 0.15) is 38.2 Å². The molecule has 4 rings (SSSR count). The summed E-state index contributed by atoms with van der Waals surface area (Å²) in [5, 5.41) is 3.02. The lowest BCUT2D eigenvalue weighted by atomic mass is 10.1. The third-order valence-corrected chi connectivity index (χ3v) is 9.17. The van der Waals surface area contributed by atoms with Crippen LogP contribution in [0.2, 0.25) is 0 Å². The van der Waals surface area contributed by atoms with Crippen LogP contribution in [0.3, 0.4) is 0 Å². The maximum atomic E-state index is 14.1. The Bertz CT molecular complexity index is 1480. The topological polar surface area (TPSA) is 105 Å². The fourth-order valence-electron chi connectivity index (χ4n) is 4.99. The zero-order valence-electron chi connectivity index (χ0n) is 24.0. The fraction of sp³-hybridized carbons (Fsp3) is 0.355. The number of sulfonamides is 1. The summed E-state index contributed by atoms with van der Waals surface area (Å²) in [5.41, 5.74) is 0.681. The Kier molecular flexibility index (Phi) is 10.1.